The predicted octanol–water partition coefficient (Wildman–Crippen LogP) is 1.79. The summed E-state index contributed by atoms with van der Waals surface area (Å²) in [6.45, 7) is 2.01. The van der Waals surface area contributed by atoms with Gasteiger partial charge in [0.05, 0.1) is 6.42 Å². The molecule has 2 aromatic rings. The van der Waals surface area contributed by atoms with Crippen LogP contribution in [0.1, 0.15) is 11.5 Å². The number of hydrogen-bond acceptors (Lipinski definition) is 4. The Hall–Kier alpha value is -1.97. The molecule has 1 aromatic heterocycles. The van der Waals surface area contributed by atoms with Crippen molar-refractivity contribution in [2.24, 2.45) is 0 Å². The van der Waals surface area contributed by atoms with Crippen molar-refractivity contribution in [3.63, 3.8) is 0 Å². The lowest BCUT2D eigenvalue weighted by Gasteiger charge is -1.94. The third-order valence-electron chi connectivity index (χ3n) is 2.02. The van der Waals surface area contributed by atoms with Gasteiger partial charge in [0.1, 0.15) is 6.29 Å². The first kappa shape index (κ1) is 9.58. The summed E-state index contributed by atoms with van der Waals surface area (Å²) in [6.07, 6.45) is 0.908. The zero-order valence-electron chi connectivity index (χ0n) is 8.30. The van der Waals surface area contributed by atoms with E-state index in [-0.39, 0.29) is 6.42 Å². The maximum Gasteiger partial charge on any atom is 0.247 e. The summed E-state index contributed by atoms with van der Waals surface area (Å²) in [5.74, 6) is 0.799. The van der Waals surface area contributed by atoms with E-state index >= 15 is 0 Å². The molecule has 2 rings (SSSR count). The molecule has 1 aromatic carbocycles. The molecule has 0 spiro atoms. The van der Waals surface area contributed by atoms with Crippen molar-refractivity contribution in [3.8, 4) is 11.5 Å². The highest BCUT2D eigenvalue weighted by Gasteiger charge is 2.07. The van der Waals surface area contributed by atoms with Crippen molar-refractivity contribution in [2.75, 3.05) is 0 Å². The van der Waals surface area contributed by atoms with Crippen LogP contribution >= 0.6 is 0 Å². The van der Waals surface area contributed by atoms with Crippen molar-refractivity contribution in [1.82, 2.24) is 10.2 Å². The number of nitrogens with zero attached hydrogens (tertiary/aromatic N) is 2. The van der Waals surface area contributed by atoms with E-state index in [1.165, 1.54) is 5.56 Å². The molecule has 15 heavy (non-hydrogen) atoms. The largest absolute Gasteiger partial charge is 0.420 e. The van der Waals surface area contributed by atoms with Crippen LogP contribution in [0.2, 0.25) is 0 Å². The zero-order chi connectivity index (χ0) is 10.7. The van der Waals surface area contributed by atoms with Crippen LogP contribution in [0.5, 0.6) is 0 Å². The van der Waals surface area contributed by atoms with E-state index < -0.39 is 0 Å². The van der Waals surface area contributed by atoms with Crippen LogP contribution < -0.4 is 0 Å². The Morgan fingerprint density at radius 2 is 2.00 bits per heavy atom. The Morgan fingerprint density at radius 3 is 2.67 bits per heavy atom. The molecule has 4 heteroatoms. The summed E-state index contributed by atoms with van der Waals surface area (Å²) in [4.78, 5) is 10.2. The lowest BCUT2D eigenvalue weighted by Crippen LogP contribution is -1.83. The molecule has 0 saturated carbocycles. The minimum Gasteiger partial charge on any atom is -0.420 e. The SMILES string of the molecule is Cc1ccc(-c2nnc(CC=O)o2)cc1. The van der Waals surface area contributed by atoms with Gasteiger partial charge in [-0.3, -0.25) is 0 Å². The van der Waals surface area contributed by atoms with Crippen molar-refractivity contribution in [3.05, 3.63) is 35.7 Å². The maximum absolute atomic E-state index is 10.2. The lowest BCUT2D eigenvalue weighted by atomic mass is 10.1. The minimum absolute atomic E-state index is 0.166. The molecule has 4 nitrogen and oxygen atoms in total. The first-order chi connectivity index (χ1) is 7.29. The molecule has 0 atom stereocenters. The summed E-state index contributed by atoms with van der Waals surface area (Å²) < 4.78 is 5.30. The second-order valence-electron chi connectivity index (χ2n) is 3.24. The summed E-state index contributed by atoms with van der Waals surface area (Å²) in [7, 11) is 0. The van der Waals surface area contributed by atoms with Crippen molar-refractivity contribution >= 4 is 6.29 Å². The molecule has 0 amide bonds. The van der Waals surface area contributed by atoms with Crippen LogP contribution in [-0.2, 0) is 11.2 Å². The van der Waals surface area contributed by atoms with Gasteiger partial charge in [-0.15, -0.1) is 10.2 Å². The average Bonchev–Trinajstić information content (AvgIpc) is 2.68. The van der Waals surface area contributed by atoms with E-state index in [4.69, 9.17) is 4.42 Å². The van der Waals surface area contributed by atoms with Gasteiger partial charge in [-0.1, -0.05) is 17.7 Å². The third-order valence-corrected chi connectivity index (χ3v) is 2.02. The molecule has 0 aliphatic rings. The van der Waals surface area contributed by atoms with Gasteiger partial charge < -0.3 is 9.21 Å². The number of aromatic nitrogens is 2. The molecular formula is C11H10N2O2. The summed E-state index contributed by atoms with van der Waals surface area (Å²) in [5, 5.41) is 7.62. The van der Waals surface area contributed by atoms with Crippen LogP contribution in [0.4, 0.5) is 0 Å². The average molecular weight is 202 g/mol. The second kappa shape index (κ2) is 4.04. The molecule has 0 bridgehead atoms. The molecule has 0 aliphatic carbocycles. The molecule has 0 unspecified atom stereocenters. The number of benzene rings is 1. The van der Waals surface area contributed by atoms with Crippen molar-refractivity contribution < 1.29 is 9.21 Å². The number of aldehydes is 1. The number of carbonyl (C=O) groups is 1. The van der Waals surface area contributed by atoms with E-state index in [0.717, 1.165) is 11.8 Å². The molecule has 0 aliphatic heterocycles. The quantitative estimate of drug-likeness (QED) is 0.712. The zero-order valence-corrected chi connectivity index (χ0v) is 8.30. The van der Waals surface area contributed by atoms with Crippen molar-refractivity contribution in [2.45, 2.75) is 13.3 Å². The fraction of sp³-hybridized carbons (Fsp3) is 0.182. The highest BCUT2D eigenvalue weighted by Crippen LogP contribution is 2.17. The van der Waals surface area contributed by atoms with Gasteiger partial charge in [-0.2, -0.15) is 0 Å². The Bertz CT molecular complexity index is 460. The van der Waals surface area contributed by atoms with E-state index in [1.807, 2.05) is 31.2 Å². The van der Waals surface area contributed by atoms with Gasteiger partial charge in [0, 0.05) is 5.56 Å². The van der Waals surface area contributed by atoms with E-state index in [0.29, 0.717) is 11.8 Å². The van der Waals surface area contributed by atoms with Crippen LogP contribution in [0.15, 0.2) is 28.7 Å². The number of hydrogen-bond donors (Lipinski definition) is 0. The lowest BCUT2D eigenvalue weighted by molar-refractivity contribution is -0.107. The van der Waals surface area contributed by atoms with Crippen LogP contribution in [0.25, 0.3) is 11.5 Å². The molecule has 1 heterocycles. The van der Waals surface area contributed by atoms with Crippen molar-refractivity contribution in [1.29, 1.82) is 0 Å². The minimum atomic E-state index is 0.166. The fourth-order valence-corrected chi connectivity index (χ4v) is 1.22. The van der Waals surface area contributed by atoms with Gasteiger partial charge in [0.25, 0.3) is 0 Å². The number of carbonyl (C=O) groups excluding carboxylic acids is 1. The standard InChI is InChI=1S/C11H10N2O2/c1-8-2-4-9(5-3-8)11-13-12-10(15-11)6-7-14/h2-5,7H,6H2,1H3. The summed E-state index contributed by atoms with van der Waals surface area (Å²) in [6, 6.07) is 7.76. The predicted molar refractivity (Wildman–Crippen MR) is 54.2 cm³/mol. The van der Waals surface area contributed by atoms with E-state index in [2.05, 4.69) is 10.2 Å². The maximum atomic E-state index is 10.2. The molecular weight excluding hydrogens is 192 g/mol. The number of aryl methyl sites for hydroxylation is 1. The molecule has 0 radical (unpaired) electrons. The Labute approximate surface area is 86.9 Å². The first-order valence-corrected chi connectivity index (χ1v) is 4.62. The second-order valence-corrected chi connectivity index (χ2v) is 3.24. The van der Waals surface area contributed by atoms with Crippen LogP contribution in [-0.4, -0.2) is 16.5 Å². The Balaban J connectivity index is 2.28. The smallest absolute Gasteiger partial charge is 0.247 e. The normalized spacial score (nSPS) is 10.2. The highest BCUT2D eigenvalue weighted by molar-refractivity contribution is 5.55. The highest BCUT2D eigenvalue weighted by atomic mass is 16.4. The molecule has 0 N–H and O–H groups in total. The topological polar surface area (TPSA) is 56.0 Å². The van der Waals surface area contributed by atoms with Gasteiger partial charge >= 0.3 is 0 Å². The molecule has 0 fully saturated rings. The number of rotatable bonds is 3. The monoisotopic (exact) mass is 202 g/mol. The van der Waals surface area contributed by atoms with Gasteiger partial charge in [0.2, 0.25) is 11.8 Å². The van der Waals surface area contributed by atoms with Gasteiger partial charge in [-0.25, -0.2) is 0 Å². The third kappa shape index (κ3) is 2.10. The Kier molecular flexibility index (Phi) is 2.58. The van der Waals surface area contributed by atoms with Gasteiger partial charge in [-0.05, 0) is 19.1 Å². The molecule has 0 saturated heterocycles. The Morgan fingerprint density at radius 1 is 1.27 bits per heavy atom. The molecule has 76 valence electrons. The van der Waals surface area contributed by atoms with E-state index in [9.17, 15) is 4.79 Å². The summed E-state index contributed by atoms with van der Waals surface area (Å²) in [5.41, 5.74) is 2.04. The summed E-state index contributed by atoms with van der Waals surface area (Å²) >= 11 is 0. The van der Waals surface area contributed by atoms with Gasteiger partial charge in [0.15, 0.2) is 0 Å². The first-order valence-electron chi connectivity index (χ1n) is 4.62. The fourth-order valence-electron chi connectivity index (χ4n) is 1.22. The van der Waals surface area contributed by atoms with Crippen LogP contribution in [0, 0.1) is 6.92 Å². The van der Waals surface area contributed by atoms with E-state index in [1.54, 1.807) is 0 Å². The van der Waals surface area contributed by atoms with Crippen LogP contribution in [0.3, 0.4) is 0 Å².